The number of anilines is 1. The Morgan fingerprint density at radius 2 is 1.95 bits per heavy atom. The number of nitrogens with two attached hydrogens (primary N) is 1. The Kier molecular flexibility index (Phi) is 4.65. The lowest BCUT2D eigenvalue weighted by Crippen LogP contribution is -2.39. The molecule has 0 radical (unpaired) electrons. The summed E-state index contributed by atoms with van der Waals surface area (Å²) in [6.07, 6.45) is 5.09. The molecular weight excluding hydrogens is 279 g/mol. The van der Waals surface area contributed by atoms with E-state index in [9.17, 15) is 12.8 Å². The lowest BCUT2D eigenvalue weighted by Gasteiger charge is -2.23. The third kappa shape index (κ3) is 3.49. The zero-order chi connectivity index (χ0) is 14.8. The van der Waals surface area contributed by atoms with Crippen LogP contribution >= 0.6 is 0 Å². The average molecular weight is 300 g/mol. The minimum Gasteiger partial charge on any atom is -0.398 e. The highest BCUT2D eigenvalue weighted by Gasteiger charge is 2.27. The molecule has 1 aromatic carbocycles. The monoisotopic (exact) mass is 300 g/mol. The van der Waals surface area contributed by atoms with E-state index in [1.807, 2.05) is 6.92 Å². The number of hydrogen-bond acceptors (Lipinski definition) is 3. The van der Waals surface area contributed by atoms with Crippen molar-refractivity contribution >= 4 is 15.7 Å². The van der Waals surface area contributed by atoms with Crippen molar-refractivity contribution in [3.05, 3.63) is 24.0 Å². The Balaban J connectivity index is 2.24. The normalized spacial score (nSPS) is 24.3. The van der Waals surface area contributed by atoms with Gasteiger partial charge in [0.15, 0.2) is 0 Å². The topological polar surface area (TPSA) is 72.2 Å². The maximum absolute atomic E-state index is 13.2. The van der Waals surface area contributed by atoms with Crippen LogP contribution in [0.5, 0.6) is 0 Å². The fourth-order valence-electron chi connectivity index (χ4n) is 2.67. The molecule has 112 valence electrons. The van der Waals surface area contributed by atoms with Gasteiger partial charge in [-0.2, -0.15) is 0 Å². The Labute approximate surface area is 119 Å². The first kappa shape index (κ1) is 15.3. The van der Waals surface area contributed by atoms with Crippen LogP contribution in [0.2, 0.25) is 0 Å². The maximum Gasteiger partial charge on any atom is 0.242 e. The van der Waals surface area contributed by atoms with Crippen molar-refractivity contribution in [1.29, 1.82) is 0 Å². The highest BCUT2D eigenvalue weighted by molar-refractivity contribution is 7.89. The Morgan fingerprint density at radius 1 is 1.25 bits per heavy atom. The second-order valence-corrected chi connectivity index (χ2v) is 7.21. The summed E-state index contributed by atoms with van der Waals surface area (Å²) < 4.78 is 40.7. The van der Waals surface area contributed by atoms with Crippen molar-refractivity contribution < 1.29 is 12.8 Å². The highest BCUT2D eigenvalue weighted by atomic mass is 32.2. The molecule has 0 bridgehead atoms. The number of nitrogen functional groups attached to an aromatic ring is 1. The largest absolute Gasteiger partial charge is 0.398 e. The van der Waals surface area contributed by atoms with Crippen LogP contribution in [0, 0.1) is 11.7 Å². The van der Waals surface area contributed by atoms with Gasteiger partial charge in [0, 0.05) is 6.04 Å². The third-order valence-corrected chi connectivity index (χ3v) is 5.48. The summed E-state index contributed by atoms with van der Waals surface area (Å²) in [4.78, 5) is -0.172. The Hall–Kier alpha value is -1.14. The molecule has 20 heavy (non-hydrogen) atoms. The smallest absolute Gasteiger partial charge is 0.242 e. The molecule has 2 unspecified atom stereocenters. The van der Waals surface area contributed by atoms with Gasteiger partial charge in [0.1, 0.15) is 10.7 Å². The summed E-state index contributed by atoms with van der Waals surface area (Å²) in [7, 11) is -3.78. The molecule has 6 heteroatoms. The molecule has 2 rings (SSSR count). The maximum atomic E-state index is 13.2. The zero-order valence-corrected chi connectivity index (χ0v) is 12.4. The van der Waals surface area contributed by atoms with Gasteiger partial charge in [-0.15, -0.1) is 0 Å². The van der Waals surface area contributed by atoms with Crippen LogP contribution in [0.25, 0.3) is 0 Å². The minimum absolute atomic E-state index is 0.0696. The molecule has 1 aromatic rings. The van der Waals surface area contributed by atoms with E-state index in [0.29, 0.717) is 0 Å². The van der Waals surface area contributed by atoms with Crippen molar-refractivity contribution in [1.82, 2.24) is 4.72 Å². The van der Waals surface area contributed by atoms with Crippen LogP contribution in [0.1, 0.15) is 39.0 Å². The molecule has 0 heterocycles. The number of sulfonamides is 1. The van der Waals surface area contributed by atoms with Crippen LogP contribution in [0.4, 0.5) is 10.1 Å². The van der Waals surface area contributed by atoms with E-state index in [0.717, 1.165) is 44.2 Å². The van der Waals surface area contributed by atoms with Crippen molar-refractivity contribution in [3.63, 3.8) is 0 Å². The van der Waals surface area contributed by atoms with E-state index >= 15 is 0 Å². The van der Waals surface area contributed by atoms with E-state index in [2.05, 4.69) is 4.72 Å². The molecule has 3 N–H and O–H groups in total. The van der Waals surface area contributed by atoms with Crippen molar-refractivity contribution in [2.75, 3.05) is 5.73 Å². The molecule has 1 aliphatic rings. The number of hydrogen-bond donors (Lipinski definition) is 2. The lowest BCUT2D eigenvalue weighted by molar-refractivity contribution is 0.399. The van der Waals surface area contributed by atoms with E-state index in [1.165, 1.54) is 6.07 Å². The summed E-state index contributed by atoms with van der Waals surface area (Å²) in [5.74, 6) is -0.324. The van der Waals surface area contributed by atoms with Crippen LogP contribution in [-0.4, -0.2) is 14.5 Å². The summed E-state index contributed by atoms with van der Waals surface area (Å²) >= 11 is 0. The Morgan fingerprint density at radius 3 is 2.70 bits per heavy atom. The van der Waals surface area contributed by atoms with E-state index < -0.39 is 15.8 Å². The van der Waals surface area contributed by atoms with Gasteiger partial charge < -0.3 is 5.73 Å². The van der Waals surface area contributed by atoms with Crippen molar-refractivity contribution in [2.45, 2.75) is 50.0 Å². The quantitative estimate of drug-likeness (QED) is 0.666. The minimum atomic E-state index is -3.78. The summed E-state index contributed by atoms with van der Waals surface area (Å²) in [6, 6.07) is 3.30. The molecule has 0 aliphatic heterocycles. The van der Waals surface area contributed by atoms with Gasteiger partial charge in [0.25, 0.3) is 0 Å². The summed E-state index contributed by atoms with van der Waals surface area (Å²) in [6.45, 7) is 2.05. The third-order valence-electron chi connectivity index (χ3n) is 3.93. The molecule has 1 aliphatic carbocycles. The molecule has 0 spiro atoms. The van der Waals surface area contributed by atoms with Crippen molar-refractivity contribution in [2.24, 2.45) is 5.92 Å². The standard InChI is InChI=1S/C14H21FN2O2S/c1-10-5-3-2-4-6-13(10)17-20(18,19)14-9-11(15)7-8-12(14)16/h7-10,13,17H,2-6,16H2,1H3. The molecule has 0 saturated heterocycles. The number of nitrogens with one attached hydrogen (secondary N) is 1. The van der Waals surface area contributed by atoms with E-state index in [1.54, 1.807) is 0 Å². The molecule has 0 aromatic heterocycles. The zero-order valence-electron chi connectivity index (χ0n) is 11.6. The molecule has 1 saturated carbocycles. The van der Waals surface area contributed by atoms with Gasteiger partial charge in [-0.05, 0) is 37.0 Å². The number of rotatable bonds is 3. The molecule has 1 fully saturated rings. The van der Waals surface area contributed by atoms with Gasteiger partial charge in [0.05, 0.1) is 5.69 Å². The number of halogens is 1. The molecule has 0 amide bonds. The fraction of sp³-hybridized carbons (Fsp3) is 0.571. The predicted molar refractivity (Wildman–Crippen MR) is 77.2 cm³/mol. The van der Waals surface area contributed by atoms with Crippen LogP contribution in [0.15, 0.2) is 23.1 Å². The summed E-state index contributed by atoms with van der Waals surface area (Å²) in [5.41, 5.74) is 5.73. The van der Waals surface area contributed by atoms with Gasteiger partial charge in [-0.3, -0.25) is 0 Å². The SMILES string of the molecule is CC1CCCCCC1NS(=O)(=O)c1cc(F)ccc1N. The van der Waals surface area contributed by atoms with Crippen molar-refractivity contribution in [3.8, 4) is 0 Å². The number of benzene rings is 1. The first-order valence-electron chi connectivity index (χ1n) is 6.97. The van der Waals surface area contributed by atoms with Crippen LogP contribution in [0.3, 0.4) is 0 Å². The lowest BCUT2D eigenvalue weighted by atomic mass is 9.98. The first-order valence-corrected chi connectivity index (χ1v) is 8.46. The fourth-order valence-corrected chi connectivity index (χ4v) is 4.19. The first-order chi connectivity index (χ1) is 9.40. The highest BCUT2D eigenvalue weighted by Crippen LogP contribution is 2.26. The van der Waals surface area contributed by atoms with E-state index in [4.69, 9.17) is 5.73 Å². The molecule has 2 atom stereocenters. The van der Waals surface area contributed by atoms with Crippen LogP contribution < -0.4 is 10.5 Å². The van der Waals surface area contributed by atoms with E-state index in [-0.39, 0.29) is 22.5 Å². The van der Waals surface area contributed by atoms with Gasteiger partial charge >= 0.3 is 0 Å². The second-order valence-electron chi connectivity index (χ2n) is 5.53. The van der Waals surface area contributed by atoms with Gasteiger partial charge in [-0.25, -0.2) is 17.5 Å². The molecular formula is C14H21FN2O2S. The van der Waals surface area contributed by atoms with Gasteiger partial charge in [-0.1, -0.05) is 26.2 Å². The average Bonchev–Trinajstić information content (AvgIpc) is 2.57. The summed E-state index contributed by atoms with van der Waals surface area (Å²) in [5, 5.41) is 0. The van der Waals surface area contributed by atoms with Crippen LogP contribution in [-0.2, 0) is 10.0 Å². The van der Waals surface area contributed by atoms with Gasteiger partial charge in [0.2, 0.25) is 10.0 Å². The predicted octanol–water partition coefficient (Wildman–Crippen LogP) is 2.66. The molecule has 4 nitrogen and oxygen atoms in total. The Bertz CT molecular complexity index is 575. The second kappa shape index (κ2) is 6.10.